The van der Waals surface area contributed by atoms with Gasteiger partial charge in [0.15, 0.2) is 6.29 Å². The molecular weight excluding hydrogens is 244 g/mol. The van der Waals surface area contributed by atoms with Crippen molar-refractivity contribution in [2.45, 2.75) is 30.7 Å². The van der Waals surface area contributed by atoms with E-state index in [1.165, 1.54) is 7.11 Å². The second kappa shape index (κ2) is 4.18. The van der Waals surface area contributed by atoms with Crippen molar-refractivity contribution in [3.63, 3.8) is 0 Å². The molecule has 2 aliphatic rings. The minimum Gasteiger partial charge on any atom is -0.387 e. The summed E-state index contributed by atoms with van der Waals surface area (Å²) >= 11 is 0. The van der Waals surface area contributed by atoms with Crippen molar-refractivity contribution in [2.24, 2.45) is 0 Å². The van der Waals surface area contributed by atoms with Gasteiger partial charge in [-0.2, -0.15) is 8.42 Å². The van der Waals surface area contributed by atoms with E-state index >= 15 is 0 Å². The van der Waals surface area contributed by atoms with Gasteiger partial charge in [-0.05, 0) is 0 Å². The molecular formula is C7H12O8S. The van der Waals surface area contributed by atoms with Crippen LogP contribution >= 0.6 is 0 Å². The van der Waals surface area contributed by atoms with Gasteiger partial charge in [0.25, 0.3) is 0 Å². The zero-order chi connectivity index (χ0) is 11.9. The highest BCUT2D eigenvalue weighted by molar-refractivity contribution is 7.81. The van der Waals surface area contributed by atoms with E-state index in [-0.39, 0.29) is 6.61 Å². The van der Waals surface area contributed by atoms with Gasteiger partial charge in [0, 0.05) is 7.11 Å². The Bertz CT molecular complexity index is 351. The molecule has 2 rings (SSSR count). The first-order valence-electron chi connectivity index (χ1n) is 4.56. The van der Waals surface area contributed by atoms with Crippen LogP contribution in [0.25, 0.3) is 0 Å². The maximum Gasteiger partial charge on any atom is 0.400 e. The highest BCUT2D eigenvalue weighted by Crippen LogP contribution is 2.28. The van der Waals surface area contributed by atoms with Crippen molar-refractivity contribution < 1.29 is 36.5 Å². The van der Waals surface area contributed by atoms with Gasteiger partial charge in [0.2, 0.25) is 0 Å². The van der Waals surface area contributed by atoms with Crippen molar-refractivity contribution in [2.75, 3.05) is 13.7 Å². The molecule has 9 heteroatoms. The van der Waals surface area contributed by atoms with Gasteiger partial charge in [-0.25, -0.2) is 8.37 Å². The van der Waals surface area contributed by atoms with E-state index in [1.54, 1.807) is 0 Å². The number of hydrogen-bond donors (Lipinski definition) is 2. The Kier molecular flexibility index (Phi) is 3.18. The van der Waals surface area contributed by atoms with E-state index in [4.69, 9.17) is 9.47 Å². The lowest BCUT2D eigenvalue weighted by Gasteiger charge is -2.42. The molecule has 0 amide bonds. The minimum absolute atomic E-state index is 0.281. The Balaban J connectivity index is 2.17. The third-order valence-electron chi connectivity index (χ3n) is 2.48. The summed E-state index contributed by atoms with van der Waals surface area (Å²) in [4.78, 5) is 0. The average Bonchev–Trinajstić information content (AvgIpc) is 2.23. The van der Waals surface area contributed by atoms with E-state index in [2.05, 4.69) is 8.37 Å². The molecule has 0 aromatic heterocycles. The number of methoxy groups -OCH3 is 1. The van der Waals surface area contributed by atoms with Crippen LogP contribution in [-0.2, 0) is 28.2 Å². The number of ether oxygens (including phenoxy) is 2. The summed E-state index contributed by atoms with van der Waals surface area (Å²) in [5, 5.41) is 19.2. The van der Waals surface area contributed by atoms with Crippen molar-refractivity contribution in [1.29, 1.82) is 0 Å². The quantitative estimate of drug-likeness (QED) is 0.540. The number of hydrogen-bond acceptors (Lipinski definition) is 8. The van der Waals surface area contributed by atoms with Crippen molar-refractivity contribution in [1.82, 2.24) is 0 Å². The first-order chi connectivity index (χ1) is 7.44. The lowest BCUT2D eigenvalue weighted by Crippen LogP contribution is -2.62. The summed E-state index contributed by atoms with van der Waals surface area (Å²) < 4.78 is 40.8. The highest BCUT2D eigenvalue weighted by atomic mass is 32.3. The lowest BCUT2D eigenvalue weighted by molar-refractivity contribution is -0.295. The van der Waals surface area contributed by atoms with Crippen LogP contribution in [0.15, 0.2) is 0 Å². The van der Waals surface area contributed by atoms with Crippen LogP contribution in [-0.4, -0.2) is 63.1 Å². The summed E-state index contributed by atoms with van der Waals surface area (Å²) in [6.45, 7) is -0.281. The second-order valence-electron chi connectivity index (χ2n) is 3.51. The number of rotatable bonds is 1. The fourth-order valence-electron chi connectivity index (χ4n) is 1.67. The van der Waals surface area contributed by atoms with Gasteiger partial charge in [-0.3, -0.25) is 0 Å². The zero-order valence-corrected chi connectivity index (χ0v) is 9.16. The Hall–Kier alpha value is -0.290. The molecule has 94 valence electrons. The van der Waals surface area contributed by atoms with E-state index in [0.29, 0.717) is 0 Å². The summed E-state index contributed by atoms with van der Waals surface area (Å²) in [7, 11) is -2.83. The van der Waals surface area contributed by atoms with Gasteiger partial charge in [0.1, 0.15) is 24.4 Å². The summed E-state index contributed by atoms with van der Waals surface area (Å²) in [6, 6.07) is 0. The van der Waals surface area contributed by atoms with Crippen LogP contribution in [0.3, 0.4) is 0 Å². The molecule has 0 aromatic rings. The van der Waals surface area contributed by atoms with Gasteiger partial charge < -0.3 is 19.7 Å². The topological polar surface area (TPSA) is 112 Å². The molecule has 2 saturated heterocycles. The van der Waals surface area contributed by atoms with Crippen molar-refractivity contribution in [3.05, 3.63) is 0 Å². The number of fused-ring (bicyclic) bond motifs is 1. The second-order valence-corrected chi connectivity index (χ2v) is 4.76. The molecule has 0 spiro atoms. The molecule has 5 atom stereocenters. The normalized spacial score (nSPS) is 47.3. The third kappa shape index (κ3) is 2.07. The zero-order valence-electron chi connectivity index (χ0n) is 8.35. The molecule has 2 heterocycles. The average molecular weight is 256 g/mol. The van der Waals surface area contributed by atoms with Crippen LogP contribution in [0.1, 0.15) is 0 Å². The minimum atomic E-state index is -4.13. The summed E-state index contributed by atoms with van der Waals surface area (Å²) in [5.74, 6) is 0. The van der Waals surface area contributed by atoms with Crippen LogP contribution in [0.5, 0.6) is 0 Å². The van der Waals surface area contributed by atoms with E-state index in [9.17, 15) is 18.6 Å². The number of aliphatic hydroxyl groups excluding tert-OH is 2. The van der Waals surface area contributed by atoms with Gasteiger partial charge in [-0.1, -0.05) is 0 Å². The standard InChI is InChI=1S/C7H12O8S/c1-12-7-5(9)4(8)6-3(14-7)2-13-16(10,11)15-6/h3-9H,2H2,1H3/t3-,4-,5-,6-,7+/m1/s1. The molecule has 0 bridgehead atoms. The molecule has 8 nitrogen and oxygen atoms in total. The molecule has 2 N–H and O–H groups in total. The highest BCUT2D eigenvalue weighted by Gasteiger charge is 2.50. The lowest BCUT2D eigenvalue weighted by atomic mass is 9.99. The largest absolute Gasteiger partial charge is 0.400 e. The van der Waals surface area contributed by atoms with Gasteiger partial charge >= 0.3 is 10.4 Å². The molecule has 16 heavy (non-hydrogen) atoms. The fourth-order valence-corrected chi connectivity index (χ4v) is 2.53. The SMILES string of the molecule is CO[C@H]1O[C@@H]2COS(=O)(=O)O[C@H]2[C@H](O)[C@H]1O. The van der Waals surface area contributed by atoms with Crippen LogP contribution < -0.4 is 0 Å². The Morgan fingerprint density at radius 3 is 2.62 bits per heavy atom. The predicted octanol–water partition coefficient (Wildman–Crippen LogP) is -2.26. The van der Waals surface area contributed by atoms with E-state index in [1.807, 2.05) is 0 Å². The first-order valence-corrected chi connectivity index (χ1v) is 5.90. The smallest absolute Gasteiger partial charge is 0.387 e. The van der Waals surface area contributed by atoms with E-state index < -0.39 is 41.1 Å². The fraction of sp³-hybridized carbons (Fsp3) is 1.00. The maximum atomic E-state index is 11.0. The van der Waals surface area contributed by atoms with Crippen molar-refractivity contribution in [3.8, 4) is 0 Å². The monoisotopic (exact) mass is 256 g/mol. The first kappa shape index (κ1) is 12.2. The summed E-state index contributed by atoms with van der Waals surface area (Å²) in [5.41, 5.74) is 0. The van der Waals surface area contributed by atoms with Crippen LogP contribution in [0, 0.1) is 0 Å². The molecule has 0 aliphatic carbocycles. The van der Waals surface area contributed by atoms with Gasteiger partial charge in [-0.15, -0.1) is 0 Å². The third-order valence-corrected chi connectivity index (χ3v) is 3.36. The van der Waals surface area contributed by atoms with Gasteiger partial charge in [0.05, 0.1) is 6.61 Å². The predicted molar refractivity (Wildman–Crippen MR) is 47.4 cm³/mol. The molecule has 0 aromatic carbocycles. The molecule has 2 aliphatic heterocycles. The molecule has 2 fully saturated rings. The molecule has 0 radical (unpaired) electrons. The Morgan fingerprint density at radius 1 is 1.31 bits per heavy atom. The molecule has 0 saturated carbocycles. The van der Waals surface area contributed by atoms with Crippen molar-refractivity contribution >= 4 is 10.4 Å². The Labute approximate surface area is 92.0 Å². The summed E-state index contributed by atoms with van der Waals surface area (Å²) in [6.07, 6.45) is -5.81. The Morgan fingerprint density at radius 2 is 2.00 bits per heavy atom. The van der Waals surface area contributed by atoms with Crippen LogP contribution in [0.2, 0.25) is 0 Å². The molecule has 0 unspecified atom stereocenters. The van der Waals surface area contributed by atoms with E-state index in [0.717, 1.165) is 0 Å². The van der Waals surface area contributed by atoms with Crippen LogP contribution in [0.4, 0.5) is 0 Å². The maximum absolute atomic E-state index is 11.0. The number of aliphatic hydroxyl groups is 2.